The number of para-hydroxylation sites is 1. The maximum atomic E-state index is 3.68. The van der Waals surface area contributed by atoms with Gasteiger partial charge in [0.25, 0.3) is 0 Å². The molecule has 0 radical (unpaired) electrons. The highest BCUT2D eigenvalue weighted by atomic mass is 15.1. The zero-order valence-electron chi connectivity index (χ0n) is 16.6. The lowest BCUT2D eigenvalue weighted by Crippen LogP contribution is -2.16. The smallest absolute Gasteiger partial charge is 0.115 e. The highest BCUT2D eigenvalue weighted by Crippen LogP contribution is 2.35. The number of nitrogens with one attached hydrogen (secondary N) is 1. The summed E-state index contributed by atoms with van der Waals surface area (Å²) in [6.07, 6.45) is 0. The van der Waals surface area contributed by atoms with E-state index >= 15 is 0 Å². The van der Waals surface area contributed by atoms with Crippen LogP contribution in [-0.2, 0) is 10.8 Å². The lowest BCUT2D eigenvalue weighted by atomic mass is 9.85. The topological polar surface area (TPSA) is 20.7 Å². The number of aromatic amines is 1. The van der Waals surface area contributed by atoms with Crippen LogP contribution >= 0.6 is 0 Å². The van der Waals surface area contributed by atoms with Crippen molar-refractivity contribution in [3.05, 3.63) is 65.9 Å². The zero-order valence-corrected chi connectivity index (χ0v) is 16.6. The van der Waals surface area contributed by atoms with Gasteiger partial charge in [0.05, 0.1) is 5.52 Å². The molecular weight excluding hydrogens is 316 g/mol. The highest BCUT2D eigenvalue weighted by Gasteiger charge is 2.24. The molecule has 0 aliphatic carbocycles. The van der Waals surface area contributed by atoms with Gasteiger partial charge in [-0.2, -0.15) is 0 Å². The van der Waals surface area contributed by atoms with E-state index in [4.69, 9.17) is 0 Å². The number of aromatic nitrogens is 2. The molecule has 2 heteroatoms. The van der Waals surface area contributed by atoms with Gasteiger partial charge in [0.1, 0.15) is 5.82 Å². The summed E-state index contributed by atoms with van der Waals surface area (Å²) in [6.45, 7) is 13.7. The maximum absolute atomic E-state index is 3.68. The van der Waals surface area contributed by atoms with Crippen molar-refractivity contribution in [2.24, 2.45) is 0 Å². The second-order valence-electron chi connectivity index (χ2n) is 9.35. The molecular formula is C24H28N2. The minimum atomic E-state index is 0.0587. The fourth-order valence-electron chi connectivity index (χ4n) is 3.88. The van der Waals surface area contributed by atoms with E-state index in [0.717, 1.165) is 5.82 Å². The Labute approximate surface area is 155 Å². The van der Waals surface area contributed by atoms with Crippen LogP contribution in [0, 0.1) is 0 Å². The number of hydrogen-bond acceptors (Lipinski definition) is 0. The normalized spacial score (nSPS) is 13.0. The molecule has 0 atom stereocenters. The first-order valence-corrected chi connectivity index (χ1v) is 9.40. The third kappa shape index (κ3) is 2.65. The Morgan fingerprint density at radius 3 is 2.19 bits per heavy atom. The molecule has 134 valence electrons. The van der Waals surface area contributed by atoms with Crippen molar-refractivity contribution in [3.8, 4) is 5.82 Å². The van der Waals surface area contributed by atoms with Gasteiger partial charge in [-0.1, -0.05) is 71.9 Å². The van der Waals surface area contributed by atoms with Crippen molar-refractivity contribution < 1.29 is 0 Å². The standard InChI is InChI=1S/C24H28N2/c1-23(2,3)18-11-9-12-19-17(18)15-22(25-19)26-20-13-8-7-10-16(20)14-21(26)24(4,5)6/h7-15,25H,1-6H3. The first kappa shape index (κ1) is 17.0. The molecule has 0 fully saturated rings. The van der Waals surface area contributed by atoms with Crippen LogP contribution in [0.5, 0.6) is 0 Å². The van der Waals surface area contributed by atoms with Gasteiger partial charge < -0.3 is 4.98 Å². The molecule has 1 N–H and O–H groups in total. The van der Waals surface area contributed by atoms with Gasteiger partial charge in [0.2, 0.25) is 0 Å². The second-order valence-corrected chi connectivity index (χ2v) is 9.35. The van der Waals surface area contributed by atoms with E-state index in [-0.39, 0.29) is 10.8 Å². The van der Waals surface area contributed by atoms with Crippen LogP contribution in [0.25, 0.3) is 27.6 Å². The van der Waals surface area contributed by atoms with Gasteiger partial charge in [-0.15, -0.1) is 0 Å². The Morgan fingerprint density at radius 2 is 1.50 bits per heavy atom. The van der Waals surface area contributed by atoms with Crippen LogP contribution in [0.15, 0.2) is 54.6 Å². The number of H-pyrrole nitrogens is 1. The van der Waals surface area contributed by atoms with Crippen LogP contribution < -0.4 is 0 Å². The fourth-order valence-corrected chi connectivity index (χ4v) is 3.88. The number of hydrogen-bond donors (Lipinski definition) is 1. The largest absolute Gasteiger partial charge is 0.341 e. The van der Waals surface area contributed by atoms with Crippen molar-refractivity contribution in [2.45, 2.75) is 52.4 Å². The van der Waals surface area contributed by atoms with E-state index in [1.807, 2.05) is 0 Å². The van der Waals surface area contributed by atoms with E-state index in [1.165, 1.54) is 33.1 Å². The predicted octanol–water partition coefficient (Wildman–Crippen LogP) is 6.71. The average Bonchev–Trinajstić information content (AvgIpc) is 3.13. The van der Waals surface area contributed by atoms with Crippen molar-refractivity contribution in [3.63, 3.8) is 0 Å². The summed E-state index contributed by atoms with van der Waals surface area (Å²) in [6, 6.07) is 19.9. The van der Waals surface area contributed by atoms with E-state index < -0.39 is 0 Å². The summed E-state index contributed by atoms with van der Waals surface area (Å²) in [7, 11) is 0. The summed E-state index contributed by atoms with van der Waals surface area (Å²) in [5, 5.41) is 2.60. The van der Waals surface area contributed by atoms with Crippen LogP contribution in [0.1, 0.15) is 52.8 Å². The van der Waals surface area contributed by atoms with Crippen molar-refractivity contribution in [1.29, 1.82) is 0 Å². The van der Waals surface area contributed by atoms with Gasteiger partial charge in [-0.25, -0.2) is 0 Å². The second kappa shape index (κ2) is 5.51. The molecule has 0 unspecified atom stereocenters. The summed E-state index contributed by atoms with van der Waals surface area (Å²) >= 11 is 0. The maximum Gasteiger partial charge on any atom is 0.115 e. The monoisotopic (exact) mass is 344 g/mol. The molecule has 4 aromatic rings. The summed E-state index contributed by atoms with van der Waals surface area (Å²) < 4.78 is 2.39. The van der Waals surface area contributed by atoms with Crippen molar-refractivity contribution in [2.75, 3.05) is 0 Å². The first-order valence-electron chi connectivity index (χ1n) is 9.40. The number of benzene rings is 2. The quantitative estimate of drug-likeness (QED) is 0.396. The first-order chi connectivity index (χ1) is 12.2. The summed E-state index contributed by atoms with van der Waals surface area (Å²) in [5.74, 6) is 1.14. The third-order valence-corrected chi connectivity index (χ3v) is 5.18. The minimum Gasteiger partial charge on any atom is -0.341 e. The molecule has 0 saturated carbocycles. The molecule has 4 rings (SSSR count). The lowest BCUT2D eigenvalue weighted by Gasteiger charge is -2.21. The molecule has 2 nitrogen and oxygen atoms in total. The van der Waals surface area contributed by atoms with Crippen molar-refractivity contribution >= 4 is 21.8 Å². The molecule has 0 spiro atoms. The number of nitrogens with zero attached hydrogens (tertiary/aromatic N) is 1. The Balaban J connectivity index is 2.05. The Hall–Kier alpha value is -2.48. The van der Waals surface area contributed by atoms with Gasteiger partial charge >= 0.3 is 0 Å². The fraction of sp³-hybridized carbons (Fsp3) is 0.333. The Morgan fingerprint density at radius 1 is 0.769 bits per heavy atom. The van der Waals surface area contributed by atoms with E-state index in [2.05, 4.69) is 106 Å². The van der Waals surface area contributed by atoms with Gasteiger partial charge in [0.15, 0.2) is 0 Å². The lowest BCUT2D eigenvalue weighted by molar-refractivity contribution is 0.558. The summed E-state index contributed by atoms with van der Waals surface area (Å²) in [4.78, 5) is 3.68. The van der Waals surface area contributed by atoms with E-state index in [9.17, 15) is 0 Å². The van der Waals surface area contributed by atoms with E-state index in [0.29, 0.717) is 0 Å². The molecule has 0 saturated heterocycles. The van der Waals surface area contributed by atoms with Gasteiger partial charge in [-0.05, 0) is 35.2 Å². The molecule has 2 heterocycles. The SMILES string of the molecule is CC(C)(C)c1cccc2[nH]c(-n3c(C(C)(C)C)cc4ccccc43)cc12. The molecule has 26 heavy (non-hydrogen) atoms. The van der Waals surface area contributed by atoms with Crippen LogP contribution in [0.2, 0.25) is 0 Å². The van der Waals surface area contributed by atoms with Gasteiger partial charge in [-0.3, -0.25) is 4.57 Å². The third-order valence-electron chi connectivity index (χ3n) is 5.18. The molecule has 0 aliphatic heterocycles. The molecule has 2 aromatic carbocycles. The average molecular weight is 345 g/mol. The highest BCUT2D eigenvalue weighted by molar-refractivity contribution is 5.89. The van der Waals surface area contributed by atoms with Crippen LogP contribution in [0.3, 0.4) is 0 Å². The molecule has 0 aliphatic rings. The minimum absolute atomic E-state index is 0.0587. The number of fused-ring (bicyclic) bond motifs is 2. The Kier molecular flexibility index (Phi) is 3.59. The Bertz CT molecular complexity index is 1090. The molecule has 0 amide bonds. The van der Waals surface area contributed by atoms with Crippen molar-refractivity contribution in [1.82, 2.24) is 9.55 Å². The summed E-state index contributed by atoms with van der Waals surface area (Å²) in [5.41, 5.74) is 5.33. The molecule has 0 bridgehead atoms. The zero-order chi connectivity index (χ0) is 18.7. The number of rotatable bonds is 1. The van der Waals surface area contributed by atoms with Gasteiger partial charge in [0, 0.05) is 27.4 Å². The van der Waals surface area contributed by atoms with Crippen LogP contribution in [-0.4, -0.2) is 9.55 Å². The van der Waals surface area contributed by atoms with Crippen LogP contribution in [0.4, 0.5) is 0 Å². The predicted molar refractivity (Wildman–Crippen MR) is 113 cm³/mol. The van der Waals surface area contributed by atoms with E-state index in [1.54, 1.807) is 0 Å². The molecule has 2 aromatic heterocycles.